The lowest BCUT2D eigenvalue weighted by atomic mass is 9.68. The first kappa shape index (κ1) is 16.5. The highest BCUT2D eigenvalue weighted by Crippen LogP contribution is 2.40. The van der Waals surface area contributed by atoms with Crippen molar-refractivity contribution in [1.82, 2.24) is 9.78 Å². The predicted octanol–water partition coefficient (Wildman–Crippen LogP) is 3.70. The number of hydrogen-bond acceptors (Lipinski definition) is 2. The molecular formula is C18H33N3. The summed E-state index contributed by atoms with van der Waals surface area (Å²) in [6.07, 6.45) is 7.23. The molecule has 3 nitrogen and oxygen atoms in total. The minimum atomic E-state index is 0.283. The van der Waals surface area contributed by atoms with Gasteiger partial charge in [0.05, 0.1) is 5.69 Å². The second-order valence-corrected chi connectivity index (χ2v) is 7.95. The Labute approximate surface area is 130 Å². The molecule has 1 fully saturated rings. The van der Waals surface area contributed by atoms with Crippen molar-refractivity contribution >= 4 is 0 Å². The molecule has 1 aliphatic carbocycles. The Morgan fingerprint density at radius 1 is 1.29 bits per heavy atom. The fourth-order valence-electron chi connectivity index (χ4n) is 3.76. The van der Waals surface area contributed by atoms with Gasteiger partial charge in [-0.15, -0.1) is 0 Å². The average Bonchev–Trinajstić information content (AvgIpc) is 2.78. The fraction of sp³-hybridized carbons (Fsp3) is 0.833. The van der Waals surface area contributed by atoms with Gasteiger partial charge in [-0.1, -0.05) is 27.7 Å². The second kappa shape index (κ2) is 6.51. The summed E-state index contributed by atoms with van der Waals surface area (Å²) in [5, 5.41) is 4.53. The van der Waals surface area contributed by atoms with Crippen LogP contribution >= 0.6 is 0 Å². The van der Waals surface area contributed by atoms with Crippen LogP contribution in [0.1, 0.15) is 64.8 Å². The van der Waals surface area contributed by atoms with E-state index in [0.717, 1.165) is 18.8 Å². The van der Waals surface area contributed by atoms with Gasteiger partial charge in [-0.25, -0.2) is 0 Å². The molecular weight excluding hydrogens is 258 g/mol. The molecule has 1 aromatic heterocycles. The SMILES string of the molecule is CCc1cc(CC(N)C2CCC(C(C)(C)C)CC2)n(C)n1. The molecule has 3 heteroatoms. The highest BCUT2D eigenvalue weighted by atomic mass is 15.3. The van der Waals surface area contributed by atoms with Crippen molar-refractivity contribution in [3.63, 3.8) is 0 Å². The van der Waals surface area contributed by atoms with Gasteiger partial charge in [0.15, 0.2) is 0 Å². The third-order valence-corrected chi connectivity index (χ3v) is 5.44. The smallest absolute Gasteiger partial charge is 0.0624 e. The molecule has 1 heterocycles. The summed E-state index contributed by atoms with van der Waals surface area (Å²) >= 11 is 0. The summed E-state index contributed by atoms with van der Waals surface area (Å²) in [4.78, 5) is 0. The number of aryl methyl sites for hydroxylation is 2. The summed E-state index contributed by atoms with van der Waals surface area (Å²) in [5.41, 5.74) is 9.43. The molecule has 1 aromatic rings. The van der Waals surface area contributed by atoms with E-state index in [0.29, 0.717) is 11.3 Å². The van der Waals surface area contributed by atoms with Crippen LogP contribution < -0.4 is 5.73 Å². The first-order valence-electron chi connectivity index (χ1n) is 8.58. The maximum absolute atomic E-state index is 6.51. The van der Waals surface area contributed by atoms with Gasteiger partial charge in [-0.05, 0) is 55.4 Å². The Hall–Kier alpha value is -0.830. The van der Waals surface area contributed by atoms with Crippen molar-refractivity contribution in [2.45, 2.75) is 72.3 Å². The summed E-state index contributed by atoms with van der Waals surface area (Å²) in [7, 11) is 2.04. The van der Waals surface area contributed by atoms with Crippen molar-refractivity contribution in [1.29, 1.82) is 0 Å². The van der Waals surface area contributed by atoms with E-state index in [1.807, 2.05) is 11.7 Å². The topological polar surface area (TPSA) is 43.8 Å². The standard InChI is InChI=1S/C18H33N3/c1-6-15-11-16(21(5)20-15)12-17(19)13-7-9-14(10-8-13)18(2,3)4/h11,13-14,17H,6-10,12,19H2,1-5H3. The first-order chi connectivity index (χ1) is 9.81. The number of hydrogen-bond donors (Lipinski definition) is 1. The molecule has 2 N–H and O–H groups in total. The molecule has 0 spiro atoms. The number of aromatic nitrogens is 2. The van der Waals surface area contributed by atoms with Crippen molar-refractivity contribution in [2.75, 3.05) is 0 Å². The Kier molecular flexibility index (Phi) is 5.13. The number of nitrogens with two attached hydrogens (primary N) is 1. The lowest BCUT2D eigenvalue weighted by Gasteiger charge is -2.38. The molecule has 0 aliphatic heterocycles. The predicted molar refractivity (Wildman–Crippen MR) is 89.2 cm³/mol. The van der Waals surface area contributed by atoms with Crippen LogP contribution in [0.4, 0.5) is 0 Å². The zero-order valence-corrected chi connectivity index (χ0v) is 14.5. The summed E-state index contributed by atoms with van der Waals surface area (Å²) < 4.78 is 2.01. The van der Waals surface area contributed by atoms with Gasteiger partial charge in [0, 0.05) is 25.2 Å². The van der Waals surface area contributed by atoms with E-state index in [1.165, 1.54) is 37.1 Å². The van der Waals surface area contributed by atoms with Gasteiger partial charge < -0.3 is 5.73 Å². The van der Waals surface area contributed by atoms with Gasteiger partial charge in [-0.2, -0.15) is 5.10 Å². The fourth-order valence-corrected chi connectivity index (χ4v) is 3.76. The van der Waals surface area contributed by atoms with Crippen LogP contribution in [0.5, 0.6) is 0 Å². The number of rotatable bonds is 4. The van der Waals surface area contributed by atoms with Crippen LogP contribution in [0.2, 0.25) is 0 Å². The minimum Gasteiger partial charge on any atom is -0.327 e. The van der Waals surface area contributed by atoms with E-state index in [2.05, 4.69) is 38.9 Å². The molecule has 0 bridgehead atoms. The summed E-state index contributed by atoms with van der Waals surface area (Å²) in [6.45, 7) is 9.28. The highest BCUT2D eigenvalue weighted by Gasteiger charge is 2.32. The van der Waals surface area contributed by atoms with Gasteiger partial charge in [-0.3, -0.25) is 4.68 Å². The average molecular weight is 291 g/mol. The molecule has 0 aromatic carbocycles. The molecule has 0 saturated heterocycles. The van der Waals surface area contributed by atoms with Gasteiger partial charge in [0.25, 0.3) is 0 Å². The molecule has 1 aliphatic rings. The van der Waals surface area contributed by atoms with Crippen LogP contribution in [0.25, 0.3) is 0 Å². The molecule has 1 atom stereocenters. The number of nitrogens with zero attached hydrogens (tertiary/aromatic N) is 2. The lowest BCUT2D eigenvalue weighted by Crippen LogP contribution is -2.37. The third-order valence-electron chi connectivity index (χ3n) is 5.44. The molecule has 0 radical (unpaired) electrons. The maximum atomic E-state index is 6.51. The van der Waals surface area contributed by atoms with Crippen molar-refractivity contribution in [3.05, 3.63) is 17.5 Å². The van der Waals surface area contributed by atoms with Crippen LogP contribution in [0, 0.1) is 17.3 Å². The zero-order valence-electron chi connectivity index (χ0n) is 14.5. The second-order valence-electron chi connectivity index (χ2n) is 7.95. The Bertz CT molecular complexity index is 448. The Balaban J connectivity index is 1.90. The van der Waals surface area contributed by atoms with Crippen molar-refractivity contribution in [2.24, 2.45) is 30.0 Å². The van der Waals surface area contributed by atoms with Crippen LogP contribution in [0.3, 0.4) is 0 Å². The Morgan fingerprint density at radius 2 is 1.90 bits per heavy atom. The zero-order chi connectivity index (χ0) is 15.6. The normalized spacial score (nSPS) is 25.0. The van der Waals surface area contributed by atoms with Crippen LogP contribution in [-0.2, 0) is 19.9 Å². The molecule has 120 valence electrons. The van der Waals surface area contributed by atoms with Crippen LogP contribution in [0.15, 0.2) is 6.07 Å². The van der Waals surface area contributed by atoms with E-state index in [9.17, 15) is 0 Å². The van der Waals surface area contributed by atoms with E-state index >= 15 is 0 Å². The summed E-state index contributed by atoms with van der Waals surface area (Å²) in [5.74, 6) is 1.55. The van der Waals surface area contributed by atoms with Gasteiger partial charge >= 0.3 is 0 Å². The lowest BCUT2D eigenvalue weighted by molar-refractivity contribution is 0.139. The first-order valence-corrected chi connectivity index (χ1v) is 8.58. The maximum Gasteiger partial charge on any atom is 0.0624 e. The van der Waals surface area contributed by atoms with Crippen LogP contribution in [-0.4, -0.2) is 15.8 Å². The van der Waals surface area contributed by atoms with Crippen molar-refractivity contribution < 1.29 is 0 Å². The molecule has 21 heavy (non-hydrogen) atoms. The molecule has 2 rings (SSSR count). The van der Waals surface area contributed by atoms with Gasteiger partial charge in [0.1, 0.15) is 0 Å². The van der Waals surface area contributed by atoms with Crippen molar-refractivity contribution in [3.8, 4) is 0 Å². The quantitative estimate of drug-likeness (QED) is 0.919. The van der Waals surface area contributed by atoms with E-state index < -0.39 is 0 Å². The minimum absolute atomic E-state index is 0.283. The summed E-state index contributed by atoms with van der Waals surface area (Å²) in [6, 6.07) is 2.51. The molecule has 1 saturated carbocycles. The largest absolute Gasteiger partial charge is 0.327 e. The van der Waals surface area contributed by atoms with E-state index in [1.54, 1.807) is 0 Å². The Morgan fingerprint density at radius 3 is 2.38 bits per heavy atom. The molecule has 0 amide bonds. The van der Waals surface area contributed by atoms with E-state index in [4.69, 9.17) is 5.73 Å². The third kappa shape index (κ3) is 4.09. The van der Waals surface area contributed by atoms with Gasteiger partial charge in [0.2, 0.25) is 0 Å². The molecule has 1 unspecified atom stereocenters. The monoisotopic (exact) mass is 291 g/mol. The highest BCUT2D eigenvalue weighted by molar-refractivity contribution is 5.11. The van der Waals surface area contributed by atoms with E-state index in [-0.39, 0.29) is 6.04 Å².